The minimum Gasteiger partial charge on any atom is -0.423 e. The van der Waals surface area contributed by atoms with Gasteiger partial charge in [-0.2, -0.15) is 0 Å². The van der Waals surface area contributed by atoms with Crippen LogP contribution in [0.4, 0.5) is 4.39 Å². The molecule has 25 heavy (non-hydrogen) atoms. The topological polar surface area (TPSA) is 26.3 Å². The molecule has 0 N–H and O–H groups in total. The third-order valence-electron chi connectivity index (χ3n) is 5.40. The molecule has 132 valence electrons. The normalized spacial score (nSPS) is 20.4. The first-order valence-corrected chi connectivity index (χ1v) is 10.6. The first-order chi connectivity index (χ1) is 12.1. The Bertz CT molecular complexity index is 734. The summed E-state index contributed by atoms with van der Waals surface area (Å²) in [4.78, 5) is 12.2. The number of halogens is 1. The van der Waals surface area contributed by atoms with Crippen molar-refractivity contribution >= 4 is 16.2 Å². The Morgan fingerprint density at radius 3 is 2.40 bits per heavy atom. The molecule has 0 aromatic heterocycles. The fraction of sp³-hybridized carbons (Fsp3) is 0.381. The quantitative estimate of drug-likeness (QED) is 0.461. The number of carbonyl (C=O) groups is 1. The van der Waals surface area contributed by atoms with Crippen molar-refractivity contribution in [3.8, 4) is 5.75 Å². The zero-order chi connectivity index (χ0) is 17.8. The van der Waals surface area contributed by atoms with Crippen LogP contribution in [-0.4, -0.2) is 16.2 Å². The number of benzene rings is 2. The van der Waals surface area contributed by atoms with Crippen molar-refractivity contribution in [3.63, 3.8) is 0 Å². The van der Waals surface area contributed by atoms with Crippen molar-refractivity contribution < 1.29 is 13.9 Å². The molecule has 2 nitrogen and oxygen atoms in total. The van der Waals surface area contributed by atoms with E-state index in [2.05, 4.69) is 0 Å². The van der Waals surface area contributed by atoms with Crippen LogP contribution in [0, 0.1) is 18.7 Å². The summed E-state index contributed by atoms with van der Waals surface area (Å²) in [6, 6.07) is 13.6. The average Bonchev–Trinajstić information content (AvgIpc) is 2.65. The van der Waals surface area contributed by atoms with Crippen molar-refractivity contribution in [1.82, 2.24) is 0 Å². The SMILES string of the molecule is Cc1ccc(OC(=O)c2ccc(C3CCC(C[SiH3])CC3)cc2)cc1F. The molecule has 1 aliphatic rings. The van der Waals surface area contributed by atoms with Crippen LogP contribution in [0.2, 0.25) is 6.04 Å². The van der Waals surface area contributed by atoms with Gasteiger partial charge < -0.3 is 4.74 Å². The smallest absolute Gasteiger partial charge is 0.343 e. The molecule has 0 radical (unpaired) electrons. The first-order valence-electron chi connectivity index (χ1n) is 9.15. The summed E-state index contributed by atoms with van der Waals surface area (Å²) in [6.07, 6.45) is 5.16. The Labute approximate surface area is 151 Å². The Balaban J connectivity index is 1.63. The van der Waals surface area contributed by atoms with Crippen LogP contribution in [0.15, 0.2) is 42.5 Å². The summed E-state index contributed by atoms with van der Waals surface area (Å²) < 4.78 is 18.8. The lowest BCUT2D eigenvalue weighted by atomic mass is 9.79. The van der Waals surface area contributed by atoms with Crippen molar-refractivity contribution in [1.29, 1.82) is 0 Å². The van der Waals surface area contributed by atoms with Gasteiger partial charge in [-0.05, 0) is 60.9 Å². The van der Waals surface area contributed by atoms with E-state index in [-0.39, 0.29) is 11.6 Å². The van der Waals surface area contributed by atoms with Gasteiger partial charge in [0.1, 0.15) is 11.6 Å². The number of carbonyl (C=O) groups excluding carboxylic acids is 1. The lowest BCUT2D eigenvalue weighted by Crippen LogP contribution is -2.13. The second-order valence-electron chi connectivity index (χ2n) is 7.05. The molecule has 0 aliphatic heterocycles. The van der Waals surface area contributed by atoms with Gasteiger partial charge in [0.15, 0.2) is 0 Å². The fourth-order valence-corrected chi connectivity index (χ4v) is 4.41. The first kappa shape index (κ1) is 17.9. The molecular formula is C21H25FO2Si. The second kappa shape index (κ2) is 7.96. The molecule has 0 spiro atoms. The van der Waals surface area contributed by atoms with Gasteiger partial charge in [-0.3, -0.25) is 0 Å². The van der Waals surface area contributed by atoms with Gasteiger partial charge in [0.05, 0.1) is 5.56 Å². The summed E-state index contributed by atoms with van der Waals surface area (Å²) >= 11 is 0. The molecule has 0 atom stereocenters. The third kappa shape index (κ3) is 4.37. The van der Waals surface area contributed by atoms with E-state index in [0.29, 0.717) is 17.0 Å². The summed E-state index contributed by atoms with van der Waals surface area (Å²) in [5.41, 5.74) is 2.34. The van der Waals surface area contributed by atoms with Gasteiger partial charge in [0.2, 0.25) is 0 Å². The van der Waals surface area contributed by atoms with E-state index in [0.717, 1.165) is 5.92 Å². The predicted octanol–water partition coefficient (Wildman–Crippen LogP) is 4.41. The second-order valence-corrected chi connectivity index (χ2v) is 7.86. The zero-order valence-corrected chi connectivity index (χ0v) is 16.9. The maximum Gasteiger partial charge on any atom is 0.343 e. The van der Waals surface area contributed by atoms with Crippen molar-refractivity contribution in [3.05, 3.63) is 65.0 Å². The maximum absolute atomic E-state index is 13.6. The molecule has 0 heterocycles. The van der Waals surface area contributed by atoms with Gasteiger partial charge in [-0.25, -0.2) is 9.18 Å². The van der Waals surface area contributed by atoms with Crippen LogP contribution in [0.3, 0.4) is 0 Å². The molecule has 0 amide bonds. The van der Waals surface area contributed by atoms with Crippen LogP contribution in [-0.2, 0) is 0 Å². The number of esters is 1. The molecule has 2 aromatic rings. The highest BCUT2D eigenvalue weighted by Gasteiger charge is 2.21. The molecule has 4 heteroatoms. The Morgan fingerprint density at radius 2 is 1.80 bits per heavy atom. The standard InChI is InChI=1S/C21H25FO2Si/c1-14-2-11-19(12-20(14)22)24-21(23)18-9-7-17(8-10-18)16-5-3-15(13-25)4-6-16/h2,7-12,15-16H,3-6,13H2,1,25H3. The molecule has 1 fully saturated rings. The number of hydrogen-bond acceptors (Lipinski definition) is 2. The molecule has 1 saturated carbocycles. The molecular weight excluding hydrogens is 331 g/mol. The van der Waals surface area contributed by atoms with Gasteiger partial charge in [0, 0.05) is 16.3 Å². The Kier molecular flexibility index (Phi) is 5.69. The predicted molar refractivity (Wildman–Crippen MR) is 102 cm³/mol. The minimum atomic E-state index is -0.450. The number of hydrogen-bond donors (Lipinski definition) is 0. The number of aryl methyl sites for hydroxylation is 1. The number of rotatable bonds is 4. The maximum atomic E-state index is 13.6. The van der Waals surface area contributed by atoms with E-state index >= 15 is 0 Å². The highest BCUT2D eigenvalue weighted by atomic mass is 28.1. The molecule has 0 bridgehead atoms. The summed E-state index contributed by atoms with van der Waals surface area (Å²) in [6.45, 7) is 1.68. The molecule has 1 aliphatic carbocycles. The zero-order valence-electron chi connectivity index (χ0n) is 14.9. The van der Waals surface area contributed by atoms with Gasteiger partial charge >= 0.3 is 5.97 Å². The van der Waals surface area contributed by atoms with E-state index in [1.165, 1.54) is 53.6 Å². The summed E-state index contributed by atoms with van der Waals surface area (Å²) in [5, 5.41) is 0. The lowest BCUT2D eigenvalue weighted by molar-refractivity contribution is 0.0734. The van der Waals surface area contributed by atoms with Crippen LogP contribution in [0.1, 0.15) is 53.1 Å². The minimum absolute atomic E-state index is 0.235. The molecule has 3 rings (SSSR count). The van der Waals surface area contributed by atoms with Crippen LogP contribution >= 0.6 is 0 Å². The summed E-state index contributed by atoms with van der Waals surface area (Å²) in [5.74, 6) is 0.965. The van der Waals surface area contributed by atoms with Crippen LogP contribution in [0.5, 0.6) is 5.75 Å². The van der Waals surface area contributed by atoms with Crippen LogP contribution < -0.4 is 4.74 Å². The number of ether oxygens (including phenoxy) is 1. The molecule has 0 saturated heterocycles. The largest absolute Gasteiger partial charge is 0.423 e. The van der Waals surface area contributed by atoms with E-state index in [4.69, 9.17) is 4.74 Å². The Hall–Kier alpha value is -1.94. The molecule has 2 aromatic carbocycles. The third-order valence-corrected chi connectivity index (χ3v) is 6.55. The van der Waals surface area contributed by atoms with Gasteiger partial charge in [-0.1, -0.05) is 37.1 Å². The van der Waals surface area contributed by atoms with Gasteiger partial charge in [0.25, 0.3) is 0 Å². The van der Waals surface area contributed by atoms with Crippen LogP contribution in [0.25, 0.3) is 0 Å². The summed E-state index contributed by atoms with van der Waals surface area (Å²) in [7, 11) is 1.30. The Morgan fingerprint density at radius 1 is 1.12 bits per heavy atom. The van der Waals surface area contributed by atoms with E-state index in [9.17, 15) is 9.18 Å². The van der Waals surface area contributed by atoms with Crippen molar-refractivity contribution in [2.75, 3.05) is 0 Å². The van der Waals surface area contributed by atoms with Crippen molar-refractivity contribution in [2.45, 2.75) is 44.6 Å². The average molecular weight is 357 g/mol. The highest BCUT2D eigenvalue weighted by molar-refractivity contribution is 6.08. The lowest BCUT2D eigenvalue weighted by Gasteiger charge is -2.28. The van der Waals surface area contributed by atoms with E-state index in [1.54, 1.807) is 19.1 Å². The van der Waals surface area contributed by atoms with E-state index < -0.39 is 5.97 Å². The molecule has 0 unspecified atom stereocenters. The highest BCUT2D eigenvalue weighted by Crippen LogP contribution is 2.36. The van der Waals surface area contributed by atoms with E-state index in [1.807, 2.05) is 24.3 Å². The fourth-order valence-electron chi connectivity index (χ4n) is 3.60. The van der Waals surface area contributed by atoms with Gasteiger partial charge in [-0.15, -0.1) is 0 Å². The monoisotopic (exact) mass is 356 g/mol. The van der Waals surface area contributed by atoms with Crippen molar-refractivity contribution in [2.24, 2.45) is 5.92 Å².